The van der Waals surface area contributed by atoms with Crippen LogP contribution in [-0.2, 0) is 9.53 Å². The molecule has 1 N–H and O–H groups in total. The molecule has 0 fully saturated rings. The number of nitro groups is 1. The predicted octanol–water partition coefficient (Wildman–Crippen LogP) is 4.46. The van der Waals surface area contributed by atoms with Crippen LogP contribution in [0.1, 0.15) is 5.56 Å². The summed E-state index contributed by atoms with van der Waals surface area (Å²) in [4.78, 5) is 29.5. The highest BCUT2D eigenvalue weighted by Gasteiger charge is 2.33. The number of rotatable bonds is 5. The quantitative estimate of drug-likeness (QED) is 0.428. The summed E-state index contributed by atoms with van der Waals surface area (Å²) in [5.41, 5.74) is 1.95. The Morgan fingerprint density at radius 3 is 2.53 bits per heavy atom. The van der Waals surface area contributed by atoms with Gasteiger partial charge in [0, 0.05) is 31.9 Å². The van der Waals surface area contributed by atoms with Crippen LogP contribution in [-0.4, -0.2) is 42.2 Å². The van der Waals surface area contributed by atoms with E-state index in [0.29, 0.717) is 4.91 Å². The molecule has 0 aliphatic carbocycles. The van der Waals surface area contributed by atoms with Crippen LogP contribution in [0.3, 0.4) is 0 Å². The van der Waals surface area contributed by atoms with Crippen LogP contribution in [0.2, 0.25) is 0 Å². The lowest BCUT2D eigenvalue weighted by Crippen LogP contribution is -2.10. The highest BCUT2D eigenvalue weighted by atomic mass is 32.2. The Morgan fingerprint density at radius 1 is 1.23 bits per heavy atom. The van der Waals surface area contributed by atoms with Crippen molar-refractivity contribution in [3.05, 3.63) is 80.4 Å². The van der Waals surface area contributed by atoms with Crippen molar-refractivity contribution in [2.75, 3.05) is 26.1 Å². The maximum Gasteiger partial charge on any atom is 0.344 e. The molecule has 0 saturated heterocycles. The Labute approximate surface area is 177 Å². The topological polar surface area (TPSA) is 105 Å². The van der Waals surface area contributed by atoms with Gasteiger partial charge < -0.3 is 14.7 Å². The summed E-state index contributed by atoms with van der Waals surface area (Å²) in [7, 11) is 5.09. The van der Waals surface area contributed by atoms with Crippen molar-refractivity contribution in [2.24, 2.45) is 4.99 Å². The molecule has 0 spiro atoms. The predicted molar refractivity (Wildman–Crippen MR) is 118 cm³/mol. The molecule has 0 amide bonds. The molecule has 2 aromatic carbocycles. The maximum atomic E-state index is 12.2. The van der Waals surface area contributed by atoms with Crippen molar-refractivity contribution >= 4 is 45.9 Å². The number of non-ortho nitro benzene ring substituents is 1. The number of esters is 1. The summed E-state index contributed by atoms with van der Waals surface area (Å²) in [5, 5.41) is 21.8. The second kappa shape index (κ2) is 8.83. The van der Waals surface area contributed by atoms with E-state index in [1.807, 2.05) is 43.3 Å². The first-order valence-corrected chi connectivity index (χ1v) is 9.64. The molecular formula is C21H19N3O5S. The SMILES string of the molecule is COC(=O)C1=C(O)C(=Cc2ccc(N(C)C)cc2)SC1=Nc1cccc([N+](=O)[O-])c1. The number of carbonyl (C=O) groups excluding carboxylic acids is 1. The monoisotopic (exact) mass is 425 g/mol. The Hall–Kier alpha value is -3.59. The van der Waals surface area contributed by atoms with Gasteiger partial charge in [-0.1, -0.05) is 30.0 Å². The summed E-state index contributed by atoms with van der Waals surface area (Å²) in [6.45, 7) is 0. The molecule has 3 rings (SSSR count). The molecule has 9 heteroatoms. The summed E-state index contributed by atoms with van der Waals surface area (Å²) >= 11 is 1.09. The second-order valence-electron chi connectivity index (χ2n) is 6.51. The largest absolute Gasteiger partial charge is 0.506 e. The van der Waals surface area contributed by atoms with E-state index in [-0.39, 0.29) is 27.8 Å². The number of aliphatic hydroxyl groups excluding tert-OH is 1. The third-order valence-electron chi connectivity index (χ3n) is 4.26. The highest BCUT2D eigenvalue weighted by Crippen LogP contribution is 2.40. The van der Waals surface area contributed by atoms with Gasteiger partial charge in [0.15, 0.2) is 0 Å². The van der Waals surface area contributed by atoms with Crippen molar-refractivity contribution in [1.29, 1.82) is 0 Å². The minimum absolute atomic E-state index is 0.0785. The van der Waals surface area contributed by atoms with Gasteiger partial charge in [0.2, 0.25) is 0 Å². The molecule has 0 atom stereocenters. The highest BCUT2D eigenvalue weighted by molar-refractivity contribution is 8.18. The third-order valence-corrected chi connectivity index (χ3v) is 5.28. The molecular weight excluding hydrogens is 406 g/mol. The normalized spacial score (nSPS) is 16.2. The van der Waals surface area contributed by atoms with E-state index in [2.05, 4.69) is 4.99 Å². The number of anilines is 1. The second-order valence-corrected chi connectivity index (χ2v) is 7.54. The smallest absolute Gasteiger partial charge is 0.344 e. The molecule has 8 nitrogen and oxygen atoms in total. The number of nitro benzene ring substituents is 1. The van der Waals surface area contributed by atoms with Crippen LogP contribution in [0.25, 0.3) is 6.08 Å². The zero-order valence-corrected chi connectivity index (χ0v) is 17.3. The number of ether oxygens (including phenoxy) is 1. The summed E-state index contributed by atoms with van der Waals surface area (Å²) in [6, 6.07) is 13.4. The number of benzene rings is 2. The maximum absolute atomic E-state index is 12.2. The van der Waals surface area contributed by atoms with Crippen molar-refractivity contribution in [2.45, 2.75) is 0 Å². The van der Waals surface area contributed by atoms with Gasteiger partial charge in [0.25, 0.3) is 5.69 Å². The standard InChI is InChI=1S/C21H19N3O5S/c1-23(2)15-9-7-13(8-10-15)11-17-19(25)18(21(26)29-3)20(30-17)22-14-5-4-6-16(12-14)24(27)28/h4-12,25H,1-3H3. The Bertz CT molecular complexity index is 1090. The molecule has 0 aromatic heterocycles. The third kappa shape index (κ3) is 4.52. The van der Waals surface area contributed by atoms with Crippen molar-refractivity contribution in [3.8, 4) is 0 Å². The van der Waals surface area contributed by atoms with Crippen LogP contribution in [0.5, 0.6) is 0 Å². The van der Waals surface area contributed by atoms with Gasteiger partial charge in [-0.15, -0.1) is 0 Å². The molecule has 0 unspecified atom stereocenters. The number of hydrogen-bond donors (Lipinski definition) is 1. The Kier molecular flexibility index (Phi) is 6.22. The number of aliphatic hydroxyl groups is 1. The molecule has 2 aromatic rings. The molecule has 154 valence electrons. The summed E-state index contributed by atoms with van der Waals surface area (Å²) in [6.07, 6.45) is 1.73. The van der Waals surface area contributed by atoms with Gasteiger partial charge in [-0.2, -0.15) is 0 Å². The molecule has 1 aliphatic rings. The van der Waals surface area contributed by atoms with Crippen molar-refractivity contribution < 1.29 is 19.6 Å². The van der Waals surface area contributed by atoms with Crippen molar-refractivity contribution in [3.63, 3.8) is 0 Å². The Morgan fingerprint density at radius 2 is 1.93 bits per heavy atom. The fraction of sp³-hybridized carbons (Fsp3) is 0.143. The average Bonchev–Trinajstić information content (AvgIpc) is 3.02. The van der Waals surface area contributed by atoms with Crippen LogP contribution in [0.4, 0.5) is 17.1 Å². The minimum Gasteiger partial charge on any atom is -0.506 e. The van der Waals surface area contributed by atoms with Gasteiger partial charge in [-0.05, 0) is 29.8 Å². The average molecular weight is 425 g/mol. The van der Waals surface area contributed by atoms with E-state index >= 15 is 0 Å². The fourth-order valence-electron chi connectivity index (χ4n) is 2.70. The van der Waals surface area contributed by atoms with Gasteiger partial charge in [0.05, 0.1) is 22.6 Å². The first-order valence-electron chi connectivity index (χ1n) is 8.82. The lowest BCUT2D eigenvalue weighted by atomic mass is 10.1. The zero-order valence-electron chi connectivity index (χ0n) is 16.5. The molecule has 0 radical (unpaired) electrons. The van der Waals surface area contributed by atoms with Gasteiger partial charge in [-0.25, -0.2) is 9.79 Å². The van der Waals surface area contributed by atoms with E-state index in [4.69, 9.17) is 4.74 Å². The van der Waals surface area contributed by atoms with Crippen LogP contribution < -0.4 is 4.90 Å². The van der Waals surface area contributed by atoms with Crippen molar-refractivity contribution in [1.82, 2.24) is 0 Å². The molecule has 30 heavy (non-hydrogen) atoms. The zero-order chi connectivity index (χ0) is 21.8. The number of aliphatic imine (C=N–C) groups is 1. The number of nitrogens with zero attached hydrogens (tertiary/aromatic N) is 3. The molecule has 0 bridgehead atoms. The van der Waals surface area contributed by atoms with Crippen LogP contribution in [0.15, 0.2) is 69.8 Å². The molecule has 0 saturated carbocycles. The number of carbonyl (C=O) groups is 1. The number of methoxy groups -OCH3 is 1. The van der Waals surface area contributed by atoms with Gasteiger partial charge in [0.1, 0.15) is 16.4 Å². The first kappa shape index (κ1) is 21.1. The van der Waals surface area contributed by atoms with E-state index in [1.165, 1.54) is 25.3 Å². The van der Waals surface area contributed by atoms with E-state index in [9.17, 15) is 20.0 Å². The minimum atomic E-state index is -0.740. The van der Waals surface area contributed by atoms with Gasteiger partial charge in [-0.3, -0.25) is 10.1 Å². The lowest BCUT2D eigenvalue weighted by Gasteiger charge is -2.11. The lowest BCUT2D eigenvalue weighted by molar-refractivity contribution is -0.384. The van der Waals surface area contributed by atoms with E-state index in [0.717, 1.165) is 23.0 Å². The van der Waals surface area contributed by atoms with Crippen LogP contribution in [0, 0.1) is 10.1 Å². The first-order chi connectivity index (χ1) is 14.3. The summed E-state index contributed by atoms with van der Waals surface area (Å²) < 4.78 is 4.78. The molecule has 1 heterocycles. The summed E-state index contributed by atoms with van der Waals surface area (Å²) in [5.74, 6) is -0.983. The number of hydrogen-bond acceptors (Lipinski definition) is 8. The molecule has 1 aliphatic heterocycles. The number of thioether (sulfide) groups is 1. The fourth-order valence-corrected chi connectivity index (χ4v) is 3.74. The van der Waals surface area contributed by atoms with Crippen LogP contribution >= 0.6 is 11.8 Å². The Balaban J connectivity index is 2.01. The van der Waals surface area contributed by atoms with E-state index < -0.39 is 10.9 Å². The van der Waals surface area contributed by atoms with Gasteiger partial charge >= 0.3 is 5.97 Å². The van der Waals surface area contributed by atoms with E-state index in [1.54, 1.807) is 12.1 Å².